The van der Waals surface area contributed by atoms with Crippen molar-refractivity contribution in [1.82, 2.24) is 0 Å². The topological polar surface area (TPSA) is 37.3 Å². The third-order valence-corrected chi connectivity index (χ3v) is 6.75. The lowest BCUT2D eigenvalue weighted by molar-refractivity contribution is -0.142. The highest BCUT2D eigenvalue weighted by molar-refractivity contribution is 7.16. The first kappa shape index (κ1) is 31.1. The fourth-order valence-electron chi connectivity index (χ4n) is 4.18. The van der Waals surface area contributed by atoms with Crippen LogP contribution in [-0.2, 0) is 4.79 Å². The van der Waals surface area contributed by atoms with Crippen LogP contribution in [0.2, 0.25) is 0 Å². The van der Waals surface area contributed by atoms with E-state index in [0.717, 1.165) is 25.7 Å². The molecule has 2 nitrogen and oxygen atoms in total. The minimum Gasteiger partial charge on any atom is -0.481 e. The normalized spacial score (nSPS) is 12.3. The van der Waals surface area contributed by atoms with E-state index in [1.807, 2.05) is 6.92 Å². The van der Waals surface area contributed by atoms with Gasteiger partial charge in [0.25, 0.3) is 0 Å². The van der Waals surface area contributed by atoms with Crippen molar-refractivity contribution in [2.45, 2.75) is 144 Å². The van der Waals surface area contributed by atoms with E-state index in [0.29, 0.717) is 5.41 Å². The van der Waals surface area contributed by atoms with E-state index < -0.39 is 5.97 Å². The van der Waals surface area contributed by atoms with Crippen molar-refractivity contribution in [2.75, 3.05) is 6.16 Å². The Morgan fingerprint density at radius 1 is 0.724 bits per heavy atom. The highest BCUT2D eigenvalue weighted by Crippen LogP contribution is 2.41. The van der Waals surface area contributed by atoms with E-state index in [-0.39, 0.29) is 5.92 Å². The first-order valence-corrected chi connectivity index (χ1v) is 13.7. The highest BCUT2D eigenvalue weighted by Gasteiger charge is 2.27. The zero-order valence-electron chi connectivity index (χ0n) is 20.7. The van der Waals surface area contributed by atoms with Gasteiger partial charge in [-0.1, -0.05) is 98.8 Å². The molecule has 0 aromatic rings. The molecule has 0 bridgehead atoms. The van der Waals surface area contributed by atoms with Crippen LogP contribution in [0, 0.1) is 11.3 Å². The van der Waals surface area contributed by atoms with Crippen LogP contribution in [0.1, 0.15) is 144 Å². The number of carboxylic acid groups (broad SMARTS) is 1. The predicted octanol–water partition coefficient (Wildman–Crippen LogP) is 9.27. The minimum absolute atomic E-state index is 0.111. The van der Waals surface area contributed by atoms with E-state index in [9.17, 15) is 4.79 Å². The molecule has 0 amide bonds. The van der Waals surface area contributed by atoms with Crippen LogP contribution in [0.15, 0.2) is 0 Å². The summed E-state index contributed by atoms with van der Waals surface area (Å²) in [5.41, 5.74) is 0.697. The molecule has 0 saturated heterocycles. The molecule has 3 heteroatoms. The van der Waals surface area contributed by atoms with E-state index in [4.69, 9.17) is 5.11 Å². The summed E-state index contributed by atoms with van der Waals surface area (Å²) in [4.78, 5) is 10.4. The van der Waals surface area contributed by atoms with Crippen molar-refractivity contribution in [3.63, 3.8) is 0 Å². The van der Waals surface area contributed by atoms with Crippen molar-refractivity contribution >= 4 is 15.2 Å². The number of carbonyl (C=O) groups is 1. The maximum absolute atomic E-state index is 10.4. The van der Waals surface area contributed by atoms with Crippen LogP contribution < -0.4 is 0 Å². The Labute approximate surface area is 186 Å². The minimum atomic E-state index is -0.643. The van der Waals surface area contributed by atoms with Crippen molar-refractivity contribution < 1.29 is 9.90 Å². The van der Waals surface area contributed by atoms with Crippen LogP contribution in [0.25, 0.3) is 0 Å². The molecule has 0 aliphatic heterocycles. The summed E-state index contributed by atoms with van der Waals surface area (Å²) in [6, 6.07) is 0. The van der Waals surface area contributed by atoms with Gasteiger partial charge in [0, 0.05) is 0 Å². The zero-order valence-corrected chi connectivity index (χ0v) is 21.9. The molecule has 2 unspecified atom stereocenters. The lowest BCUT2D eigenvalue weighted by Gasteiger charge is -2.35. The first-order valence-electron chi connectivity index (χ1n) is 12.9. The Morgan fingerprint density at radius 2 is 1.17 bits per heavy atom. The Morgan fingerprint density at radius 3 is 1.52 bits per heavy atom. The monoisotopic (exact) mass is 430 g/mol. The Kier molecular flexibility index (Phi) is 24.2. The first-order chi connectivity index (χ1) is 14.0. The highest BCUT2D eigenvalue weighted by atomic mass is 31.0. The molecule has 0 heterocycles. The molecule has 2 atom stereocenters. The average molecular weight is 431 g/mol. The third kappa shape index (κ3) is 18.4. The lowest BCUT2D eigenvalue weighted by atomic mass is 9.71. The molecule has 0 radical (unpaired) electrons. The van der Waals surface area contributed by atoms with Crippen molar-refractivity contribution in [3.05, 3.63) is 0 Å². The SMILES string of the molecule is CCCCC(CC)C(=O)O.CCCCC(CCCC)(CCCC)CCCCCP. The average Bonchev–Trinajstić information content (AvgIpc) is 2.72. The second-order valence-electron chi connectivity index (χ2n) is 9.00. The molecule has 0 aliphatic carbocycles. The zero-order chi connectivity index (χ0) is 22.4. The van der Waals surface area contributed by atoms with Crippen LogP contribution in [0.5, 0.6) is 0 Å². The smallest absolute Gasteiger partial charge is 0.306 e. The van der Waals surface area contributed by atoms with Crippen LogP contribution in [0.4, 0.5) is 0 Å². The standard InChI is InChI=1S/C18H39P.C8H16O2/c1-4-7-13-18(14-8-5-2,15-9-6-3)16-11-10-12-17-19;1-3-5-6-7(4-2)8(9)10/h4-17,19H2,1-3H3;7H,3-6H2,1-2H3,(H,9,10). The summed E-state index contributed by atoms with van der Waals surface area (Å²) in [5.74, 6) is -0.754. The van der Waals surface area contributed by atoms with Gasteiger partial charge in [0.2, 0.25) is 0 Å². The van der Waals surface area contributed by atoms with E-state index >= 15 is 0 Å². The van der Waals surface area contributed by atoms with Gasteiger partial charge < -0.3 is 5.11 Å². The van der Waals surface area contributed by atoms with Gasteiger partial charge in [-0.2, -0.15) is 0 Å². The van der Waals surface area contributed by atoms with Crippen molar-refractivity contribution in [2.24, 2.45) is 11.3 Å². The van der Waals surface area contributed by atoms with Gasteiger partial charge in [-0.25, -0.2) is 0 Å². The summed E-state index contributed by atoms with van der Waals surface area (Å²) in [6.45, 7) is 11.0. The van der Waals surface area contributed by atoms with Crippen LogP contribution in [-0.4, -0.2) is 17.2 Å². The molecule has 0 aromatic heterocycles. The molecular weight excluding hydrogens is 375 g/mol. The molecule has 29 heavy (non-hydrogen) atoms. The van der Waals surface area contributed by atoms with Crippen LogP contribution in [0.3, 0.4) is 0 Å². The third-order valence-electron chi connectivity index (χ3n) is 6.34. The molecule has 176 valence electrons. The molecule has 0 spiro atoms. The van der Waals surface area contributed by atoms with Crippen molar-refractivity contribution in [1.29, 1.82) is 0 Å². The number of hydrogen-bond donors (Lipinski definition) is 1. The van der Waals surface area contributed by atoms with Gasteiger partial charge in [0.15, 0.2) is 0 Å². The fraction of sp³-hybridized carbons (Fsp3) is 0.962. The number of carboxylic acids is 1. The quantitative estimate of drug-likeness (QED) is 0.164. The Balaban J connectivity index is 0. The van der Waals surface area contributed by atoms with Gasteiger partial charge in [-0.3, -0.25) is 4.79 Å². The van der Waals surface area contributed by atoms with Crippen LogP contribution >= 0.6 is 9.24 Å². The van der Waals surface area contributed by atoms with Gasteiger partial charge in [-0.05, 0) is 56.5 Å². The Bertz CT molecular complexity index is 322. The maximum Gasteiger partial charge on any atom is 0.306 e. The summed E-state index contributed by atoms with van der Waals surface area (Å²) < 4.78 is 0. The Hall–Kier alpha value is -0.100. The number of hydrogen-bond acceptors (Lipinski definition) is 1. The number of aliphatic carboxylic acids is 1. The second kappa shape index (κ2) is 22.6. The fourth-order valence-corrected chi connectivity index (χ4v) is 4.47. The van der Waals surface area contributed by atoms with E-state index in [1.165, 1.54) is 89.6 Å². The molecular formula is C26H55O2P. The molecule has 1 N–H and O–H groups in total. The van der Waals surface area contributed by atoms with Crippen molar-refractivity contribution in [3.8, 4) is 0 Å². The largest absolute Gasteiger partial charge is 0.481 e. The molecule has 0 saturated carbocycles. The summed E-state index contributed by atoms with van der Waals surface area (Å²) >= 11 is 0. The maximum atomic E-state index is 10.4. The summed E-state index contributed by atoms with van der Waals surface area (Å²) in [6.07, 6.45) is 23.7. The predicted molar refractivity (Wildman–Crippen MR) is 135 cm³/mol. The molecule has 0 fully saturated rings. The van der Waals surface area contributed by atoms with E-state index in [1.54, 1.807) is 0 Å². The van der Waals surface area contributed by atoms with Gasteiger partial charge >= 0.3 is 5.97 Å². The van der Waals surface area contributed by atoms with E-state index in [2.05, 4.69) is 36.9 Å². The number of unbranched alkanes of at least 4 members (excludes halogenated alkanes) is 6. The molecule has 0 rings (SSSR count). The summed E-state index contributed by atoms with van der Waals surface area (Å²) in [5, 5.41) is 8.60. The molecule has 0 aliphatic rings. The lowest BCUT2D eigenvalue weighted by Crippen LogP contribution is -2.21. The van der Waals surface area contributed by atoms with Gasteiger partial charge in [-0.15, -0.1) is 9.24 Å². The molecule has 0 aromatic carbocycles. The number of rotatable bonds is 19. The second-order valence-corrected chi connectivity index (χ2v) is 9.57. The van der Waals surface area contributed by atoms with Gasteiger partial charge in [0.1, 0.15) is 0 Å². The summed E-state index contributed by atoms with van der Waals surface area (Å²) in [7, 11) is 2.87. The van der Waals surface area contributed by atoms with Gasteiger partial charge in [0.05, 0.1) is 5.92 Å².